The molecule has 0 aromatic heterocycles. The number of hydrazine groups is 1. The molecular formula is C22H24BrF2N3O4. The fraction of sp³-hybridized carbons (Fsp3) is 0.318. The van der Waals surface area contributed by atoms with E-state index in [0.717, 1.165) is 6.07 Å². The number of hydrogen-bond donors (Lipinski definition) is 3. The van der Waals surface area contributed by atoms with Crippen LogP contribution >= 0.6 is 15.9 Å². The van der Waals surface area contributed by atoms with Gasteiger partial charge < -0.3 is 10.1 Å². The van der Waals surface area contributed by atoms with Gasteiger partial charge >= 0.3 is 6.09 Å². The van der Waals surface area contributed by atoms with E-state index in [1.807, 2.05) is 0 Å². The van der Waals surface area contributed by atoms with Gasteiger partial charge in [-0.25, -0.2) is 13.6 Å². The van der Waals surface area contributed by atoms with E-state index in [-0.39, 0.29) is 12.0 Å². The first-order valence-electron chi connectivity index (χ1n) is 9.60. The van der Waals surface area contributed by atoms with E-state index in [4.69, 9.17) is 4.74 Å². The van der Waals surface area contributed by atoms with Crippen LogP contribution in [0.2, 0.25) is 0 Å². The van der Waals surface area contributed by atoms with E-state index in [1.54, 1.807) is 20.8 Å². The average molecular weight is 512 g/mol. The Morgan fingerprint density at radius 2 is 1.59 bits per heavy atom. The minimum absolute atomic E-state index is 0.0422. The van der Waals surface area contributed by atoms with Crippen LogP contribution in [0.15, 0.2) is 46.9 Å². The molecule has 0 fully saturated rings. The van der Waals surface area contributed by atoms with Crippen LogP contribution in [-0.4, -0.2) is 29.0 Å². The fourth-order valence-electron chi connectivity index (χ4n) is 2.71. The van der Waals surface area contributed by atoms with Crippen LogP contribution in [0.5, 0.6) is 0 Å². The summed E-state index contributed by atoms with van der Waals surface area (Å²) in [6, 6.07) is 9.16. The van der Waals surface area contributed by atoms with Gasteiger partial charge in [0, 0.05) is 10.9 Å². The molecule has 0 aliphatic rings. The minimum atomic E-state index is -1.59. The lowest BCUT2D eigenvalue weighted by atomic mass is 9.92. The first-order chi connectivity index (χ1) is 14.8. The summed E-state index contributed by atoms with van der Waals surface area (Å²) in [5.41, 5.74) is 2.19. The number of alkyl carbamates (subject to hydrolysis) is 1. The molecule has 0 aliphatic heterocycles. The van der Waals surface area contributed by atoms with Crippen LogP contribution in [0, 0.1) is 11.6 Å². The number of nitrogens with one attached hydrogen (secondary N) is 3. The van der Waals surface area contributed by atoms with Gasteiger partial charge in [-0.1, -0.05) is 28.1 Å². The van der Waals surface area contributed by atoms with Gasteiger partial charge in [-0.15, -0.1) is 0 Å². The van der Waals surface area contributed by atoms with E-state index >= 15 is 0 Å². The number of hydrogen-bond acceptors (Lipinski definition) is 4. The van der Waals surface area contributed by atoms with Crippen molar-refractivity contribution in [3.63, 3.8) is 0 Å². The molecule has 0 bridgehead atoms. The first kappa shape index (κ1) is 25.3. The summed E-state index contributed by atoms with van der Waals surface area (Å²) < 4.78 is 32.9. The quantitative estimate of drug-likeness (QED) is 0.528. The highest BCUT2D eigenvalue weighted by atomic mass is 79.9. The standard InChI is InChI=1S/C22H24BrF2N3O4/c1-21(2,3)32-20(31)26-22(4,12-13-5-8-15(24)9-6-13)19(30)28-27-18(29)16-11-14(23)7-10-17(16)25/h5-11H,12H2,1-4H3,(H,26,31)(H,27,29)(H,28,30). The lowest BCUT2D eigenvalue weighted by Crippen LogP contribution is -2.61. The van der Waals surface area contributed by atoms with Gasteiger partial charge in [0.25, 0.3) is 11.8 Å². The molecule has 0 saturated heterocycles. The summed E-state index contributed by atoms with van der Waals surface area (Å²) in [5.74, 6) is -2.92. The third-order valence-electron chi connectivity index (χ3n) is 4.21. The second-order valence-electron chi connectivity index (χ2n) is 8.29. The number of carbonyl (C=O) groups excluding carboxylic acids is 3. The van der Waals surface area contributed by atoms with Crippen molar-refractivity contribution in [1.29, 1.82) is 0 Å². The Labute approximate surface area is 193 Å². The van der Waals surface area contributed by atoms with Crippen molar-refractivity contribution < 1.29 is 27.9 Å². The van der Waals surface area contributed by atoms with Gasteiger partial charge in [0.05, 0.1) is 5.56 Å². The maximum absolute atomic E-state index is 13.9. The van der Waals surface area contributed by atoms with E-state index in [0.29, 0.717) is 10.0 Å². The number of rotatable bonds is 5. The summed E-state index contributed by atoms with van der Waals surface area (Å²) >= 11 is 3.15. The van der Waals surface area contributed by atoms with Crippen molar-refractivity contribution in [3.8, 4) is 0 Å². The third kappa shape index (κ3) is 7.30. The van der Waals surface area contributed by atoms with Gasteiger partial charge in [0.2, 0.25) is 0 Å². The van der Waals surface area contributed by atoms with E-state index in [1.165, 1.54) is 43.3 Å². The Morgan fingerprint density at radius 3 is 2.19 bits per heavy atom. The number of halogens is 3. The Balaban J connectivity index is 2.20. The lowest BCUT2D eigenvalue weighted by molar-refractivity contribution is -0.127. The van der Waals surface area contributed by atoms with Gasteiger partial charge in [-0.3, -0.25) is 20.4 Å². The predicted octanol–water partition coefficient (Wildman–Crippen LogP) is 4.01. The lowest BCUT2D eigenvalue weighted by Gasteiger charge is -2.31. The highest BCUT2D eigenvalue weighted by molar-refractivity contribution is 9.10. The molecule has 3 amide bonds. The fourth-order valence-corrected chi connectivity index (χ4v) is 3.07. The third-order valence-corrected chi connectivity index (χ3v) is 4.70. The average Bonchev–Trinajstić information content (AvgIpc) is 2.67. The summed E-state index contributed by atoms with van der Waals surface area (Å²) in [4.78, 5) is 37.6. The second kappa shape index (κ2) is 10.1. The smallest absolute Gasteiger partial charge is 0.408 e. The summed E-state index contributed by atoms with van der Waals surface area (Å²) in [6.45, 7) is 6.41. The number of benzene rings is 2. The predicted molar refractivity (Wildman–Crippen MR) is 118 cm³/mol. The minimum Gasteiger partial charge on any atom is -0.444 e. The zero-order valence-electron chi connectivity index (χ0n) is 18.0. The molecule has 10 heteroatoms. The van der Waals surface area contributed by atoms with Crippen molar-refractivity contribution in [2.75, 3.05) is 0 Å². The number of carbonyl (C=O) groups is 3. The second-order valence-corrected chi connectivity index (χ2v) is 9.21. The highest BCUT2D eigenvalue weighted by Crippen LogP contribution is 2.18. The van der Waals surface area contributed by atoms with Crippen LogP contribution in [0.1, 0.15) is 43.6 Å². The van der Waals surface area contributed by atoms with Crippen LogP contribution < -0.4 is 16.2 Å². The normalized spacial score (nSPS) is 13.0. The maximum Gasteiger partial charge on any atom is 0.408 e. The van der Waals surface area contributed by atoms with Gasteiger partial charge in [-0.05, 0) is 63.6 Å². The molecule has 0 heterocycles. The first-order valence-corrected chi connectivity index (χ1v) is 10.4. The molecule has 1 atom stereocenters. The molecule has 2 rings (SSSR count). The van der Waals surface area contributed by atoms with Crippen molar-refractivity contribution in [3.05, 3.63) is 69.7 Å². The largest absolute Gasteiger partial charge is 0.444 e. The zero-order chi connectivity index (χ0) is 24.1. The molecule has 32 heavy (non-hydrogen) atoms. The molecule has 1 unspecified atom stereocenters. The van der Waals surface area contributed by atoms with Crippen molar-refractivity contribution >= 4 is 33.8 Å². The Kier molecular flexibility index (Phi) is 7.95. The molecule has 7 nitrogen and oxygen atoms in total. The van der Waals surface area contributed by atoms with Crippen LogP contribution in [0.4, 0.5) is 13.6 Å². The molecule has 0 aliphatic carbocycles. The maximum atomic E-state index is 13.9. The van der Waals surface area contributed by atoms with E-state index in [2.05, 4.69) is 32.1 Å². The SMILES string of the molecule is CC(C)(C)OC(=O)NC(C)(Cc1ccc(F)cc1)C(=O)NNC(=O)c1cc(Br)ccc1F. The van der Waals surface area contributed by atoms with Gasteiger partial charge in [0.1, 0.15) is 22.8 Å². The van der Waals surface area contributed by atoms with Crippen molar-refractivity contribution in [2.24, 2.45) is 0 Å². The van der Waals surface area contributed by atoms with Crippen molar-refractivity contribution in [1.82, 2.24) is 16.2 Å². The van der Waals surface area contributed by atoms with Crippen LogP contribution in [0.25, 0.3) is 0 Å². The highest BCUT2D eigenvalue weighted by Gasteiger charge is 2.37. The van der Waals surface area contributed by atoms with Crippen LogP contribution in [-0.2, 0) is 16.0 Å². The van der Waals surface area contributed by atoms with Crippen LogP contribution in [0.3, 0.4) is 0 Å². The van der Waals surface area contributed by atoms with Gasteiger partial charge in [0.15, 0.2) is 0 Å². The summed E-state index contributed by atoms with van der Waals surface area (Å²) in [7, 11) is 0. The Hall–Kier alpha value is -3.01. The van der Waals surface area contributed by atoms with Crippen molar-refractivity contribution in [2.45, 2.75) is 45.3 Å². The molecule has 3 N–H and O–H groups in total. The Bertz CT molecular complexity index is 1010. The molecule has 2 aromatic rings. The summed E-state index contributed by atoms with van der Waals surface area (Å²) in [6.07, 6.45) is -0.902. The number of ether oxygens (including phenoxy) is 1. The molecule has 2 aromatic carbocycles. The number of amides is 3. The molecular weight excluding hydrogens is 488 g/mol. The van der Waals surface area contributed by atoms with E-state index < -0.39 is 40.7 Å². The molecule has 172 valence electrons. The molecule has 0 radical (unpaired) electrons. The molecule has 0 saturated carbocycles. The monoisotopic (exact) mass is 511 g/mol. The molecule has 0 spiro atoms. The zero-order valence-corrected chi connectivity index (χ0v) is 19.6. The Morgan fingerprint density at radius 1 is 0.969 bits per heavy atom. The van der Waals surface area contributed by atoms with E-state index in [9.17, 15) is 23.2 Å². The topological polar surface area (TPSA) is 96.5 Å². The van der Waals surface area contributed by atoms with Gasteiger partial charge in [-0.2, -0.15) is 0 Å². The summed E-state index contributed by atoms with van der Waals surface area (Å²) in [5, 5.41) is 2.50.